The zero-order valence-electron chi connectivity index (χ0n) is 12.3. The Morgan fingerprint density at radius 3 is 2.76 bits per heavy atom. The van der Waals surface area contributed by atoms with Gasteiger partial charge in [-0.15, -0.1) is 0 Å². The zero-order valence-corrected chi connectivity index (χ0v) is 12.3. The van der Waals surface area contributed by atoms with Crippen molar-refractivity contribution in [2.24, 2.45) is 5.10 Å². The lowest BCUT2D eigenvalue weighted by Crippen LogP contribution is -2.35. The van der Waals surface area contributed by atoms with Gasteiger partial charge in [0.2, 0.25) is 0 Å². The first-order chi connectivity index (χ1) is 9.95. The number of anilines is 1. The van der Waals surface area contributed by atoms with E-state index in [-0.39, 0.29) is 18.7 Å². The van der Waals surface area contributed by atoms with Crippen molar-refractivity contribution in [3.8, 4) is 0 Å². The number of rotatable bonds is 4. The molecular formula is C15H18N2O4. The van der Waals surface area contributed by atoms with Gasteiger partial charge in [-0.1, -0.05) is 12.1 Å². The van der Waals surface area contributed by atoms with Gasteiger partial charge in [-0.2, -0.15) is 5.10 Å². The summed E-state index contributed by atoms with van der Waals surface area (Å²) in [5, 5.41) is 14.9. The number of carbonyl (C=O) groups excluding carboxylic acids is 1. The summed E-state index contributed by atoms with van der Waals surface area (Å²) in [7, 11) is 0. The molecule has 0 saturated heterocycles. The third-order valence-electron chi connectivity index (χ3n) is 3.53. The first kappa shape index (κ1) is 15.0. The fourth-order valence-corrected chi connectivity index (χ4v) is 2.25. The average molecular weight is 290 g/mol. The second kappa shape index (κ2) is 5.95. The van der Waals surface area contributed by atoms with Gasteiger partial charge in [-0.25, -0.2) is 9.59 Å². The maximum absolute atomic E-state index is 11.8. The van der Waals surface area contributed by atoms with E-state index < -0.39 is 18.0 Å². The number of hydrogen-bond donors (Lipinski definition) is 1. The number of carboxylic acids is 1. The number of hydrazone groups is 1. The molecule has 0 aliphatic carbocycles. The molecule has 6 nitrogen and oxygen atoms in total. The van der Waals surface area contributed by atoms with E-state index >= 15 is 0 Å². The molecule has 112 valence electrons. The molecule has 2 rings (SSSR count). The smallest absolute Gasteiger partial charge is 0.354 e. The summed E-state index contributed by atoms with van der Waals surface area (Å²) in [6.45, 7) is 5.78. The molecule has 1 aromatic rings. The van der Waals surface area contributed by atoms with E-state index in [1.54, 1.807) is 13.0 Å². The fourth-order valence-electron chi connectivity index (χ4n) is 2.25. The molecule has 0 radical (unpaired) electrons. The van der Waals surface area contributed by atoms with E-state index in [0.717, 1.165) is 11.1 Å². The summed E-state index contributed by atoms with van der Waals surface area (Å²) in [5.74, 6) is -1.57. The Balaban J connectivity index is 2.40. The van der Waals surface area contributed by atoms with E-state index in [9.17, 15) is 14.7 Å². The third kappa shape index (κ3) is 2.89. The zero-order chi connectivity index (χ0) is 15.6. The lowest BCUT2D eigenvalue weighted by Gasteiger charge is -2.22. The predicted octanol–water partition coefficient (Wildman–Crippen LogP) is 1.89. The van der Waals surface area contributed by atoms with Gasteiger partial charge in [0.15, 0.2) is 6.04 Å². The minimum absolute atomic E-state index is 0.0432. The number of carbonyl (C=O) groups is 2. The Morgan fingerprint density at radius 1 is 1.43 bits per heavy atom. The first-order valence-corrected chi connectivity index (χ1v) is 6.78. The maximum atomic E-state index is 11.8. The van der Waals surface area contributed by atoms with Crippen LogP contribution >= 0.6 is 0 Å². The van der Waals surface area contributed by atoms with Crippen LogP contribution in [-0.4, -0.2) is 35.4 Å². The number of benzene rings is 1. The Bertz CT molecular complexity index is 610. The number of nitrogens with zero attached hydrogens (tertiary/aromatic N) is 2. The molecule has 6 heteroatoms. The van der Waals surface area contributed by atoms with Crippen molar-refractivity contribution >= 4 is 23.3 Å². The molecule has 0 amide bonds. The van der Waals surface area contributed by atoms with Gasteiger partial charge in [-0.05, 0) is 38.0 Å². The maximum Gasteiger partial charge on any atom is 0.354 e. The second-order valence-electron chi connectivity index (χ2n) is 4.89. The van der Waals surface area contributed by atoms with Gasteiger partial charge in [0, 0.05) is 6.42 Å². The Morgan fingerprint density at radius 2 is 2.14 bits per heavy atom. The van der Waals surface area contributed by atoms with Gasteiger partial charge < -0.3 is 9.84 Å². The van der Waals surface area contributed by atoms with E-state index in [2.05, 4.69) is 5.10 Å². The molecule has 0 saturated carbocycles. The third-order valence-corrected chi connectivity index (χ3v) is 3.53. The van der Waals surface area contributed by atoms with Gasteiger partial charge in [0.1, 0.15) is 5.71 Å². The van der Waals surface area contributed by atoms with Crippen LogP contribution in [0.2, 0.25) is 0 Å². The summed E-state index contributed by atoms with van der Waals surface area (Å²) in [4.78, 5) is 23.2. The van der Waals surface area contributed by atoms with Gasteiger partial charge in [0.05, 0.1) is 12.3 Å². The number of aryl methyl sites for hydroxylation is 1. The van der Waals surface area contributed by atoms with Crippen LogP contribution in [0.1, 0.15) is 24.5 Å². The standard InChI is InChI=1S/C15H18N2O4/c1-4-21-15(20)11-8-13(14(18)19)17(16-11)12-7-5-6-9(2)10(12)3/h5-7,13H,4,8H2,1-3H3,(H,18,19)/t13-/m1/s1. The molecule has 1 aromatic carbocycles. The summed E-state index contributed by atoms with van der Waals surface area (Å²) in [6, 6.07) is 4.70. The molecule has 1 N–H and O–H groups in total. The Labute approximate surface area is 123 Å². The lowest BCUT2D eigenvalue weighted by atomic mass is 10.1. The van der Waals surface area contributed by atoms with E-state index in [1.807, 2.05) is 26.0 Å². The summed E-state index contributed by atoms with van der Waals surface area (Å²) in [6.07, 6.45) is 0.0432. The highest BCUT2D eigenvalue weighted by atomic mass is 16.5. The molecule has 0 fully saturated rings. The number of aliphatic carboxylic acids is 1. The highest BCUT2D eigenvalue weighted by Gasteiger charge is 2.37. The van der Waals surface area contributed by atoms with Crippen molar-refractivity contribution < 1.29 is 19.4 Å². The quantitative estimate of drug-likeness (QED) is 0.857. The van der Waals surface area contributed by atoms with Crippen molar-refractivity contribution in [3.05, 3.63) is 29.3 Å². The van der Waals surface area contributed by atoms with Gasteiger partial charge in [0.25, 0.3) is 0 Å². The van der Waals surface area contributed by atoms with Crippen LogP contribution in [0.15, 0.2) is 23.3 Å². The molecule has 1 heterocycles. The monoisotopic (exact) mass is 290 g/mol. The van der Waals surface area contributed by atoms with Crippen LogP contribution < -0.4 is 5.01 Å². The molecule has 0 unspecified atom stereocenters. The van der Waals surface area contributed by atoms with Crippen molar-refractivity contribution in [2.45, 2.75) is 33.2 Å². The molecular weight excluding hydrogens is 272 g/mol. The first-order valence-electron chi connectivity index (χ1n) is 6.78. The molecule has 1 aliphatic rings. The second-order valence-corrected chi connectivity index (χ2v) is 4.89. The SMILES string of the molecule is CCOC(=O)C1=NN(c2cccc(C)c2C)[C@@H](C(=O)O)C1. The highest BCUT2D eigenvalue weighted by molar-refractivity contribution is 6.38. The Hall–Kier alpha value is -2.37. The van der Waals surface area contributed by atoms with Crippen molar-refractivity contribution in [3.63, 3.8) is 0 Å². The number of ether oxygens (including phenoxy) is 1. The largest absolute Gasteiger partial charge is 0.480 e. The predicted molar refractivity (Wildman–Crippen MR) is 78.5 cm³/mol. The van der Waals surface area contributed by atoms with Crippen LogP contribution in [0.25, 0.3) is 0 Å². The van der Waals surface area contributed by atoms with Crippen molar-refractivity contribution in [1.82, 2.24) is 0 Å². The number of esters is 1. The summed E-state index contributed by atoms with van der Waals surface area (Å²) in [5.41, 5.74) is 2.82. The van der Waals surface area contributed by atoms with Crippen LogP contribution in [-0.2, 0) is 14.3 Å². The fraction of sp³-hybridized carbons (Fsp3) is 0.400. The van der Waals surface area contributed by atoms with Gasteiger partial charge in [-0.3, -0.25) is 5.01 Å². The summed E-state index contributed by atoms with van der Waals surface area (Å²) >= 11 is 0. The lowest BCUT2D eigenvalue weighted by molar-refractivity contribution is -0.138. The van der Waals surface area contributed by atoms with Crippen molar-refractivity contribution in [1.29, 1.82) is 0 Å². The molecule has 1 atom stereocenters. The average Bonchev–Trinajstić information content (AvgIpc) is 2.87. The highest BCUT2D eigenvalue weighted by Crippen LogP contribution is 2.29. The molecule has 0 aromatic heterocycles. The minimum Gasteiger partial charge on any atom is -0.480 e. The van der Waals surface area contributed by atoms with Crippen LogP contribution in [0.3, 0.4) is 0 Å². The molecule has 21 heavy (non-hydrogen) atoms. The van der Waals surface area contributed by atoms with Crippen LogP contribution in [0, 0.1) is 13.8 Å². The number of carboxylic acid groups (broad SMARTS) is 1. The Kier molecular flexibility index (Phi) is 4.26. The molecule has 0 bridgehead atoms. The normalized spacial score (nSPS) is 17.6. The van der Waals surface area contributed by atoms with Gasteiger partial charge >= 0.3 is 11.9 Å². The van der Waals surface area contributed by atoms with Crippen molar-refractivity contribution in [2.75, 3.05) is 11.6 Å². The van der Waals surface area contributed by atoms with E-state index in [1.165, 1.54) is 5.01 Å². The number of hydrogen-bond acceptors (Lipinski definition) is 5. The topological polar surface area (TPSA) is 79.2 Å². The van der Waals surface area contributed by atoms with E-state index in [4.69, 9.17) is 4.74 Å². The molecule has 0 spiro atoms. The molecule has 1 aliphatic heterocycles. The summed E-state index contributed by atoms with van der Waals surface area (Å²) < 4.78 is 4.90. The van der Waals surface area contributed by atoms with Crippen LogP contribution in [0.5, 0.6) is 0 Å². The van der Waals surface area contributed by atoms with E-state index in [0.29, 0.717) is 5.69 Å². The minimum atomic E-state index is -1.01. The van der Waals surface area contributed by atoms with Crippen LogP contribution in [0.4, 0.5) is 5.69 Å².